The Kier molecular flexibility index (Phi) is 5.67. The molecule has 0 spiro atoms. The van der Waals surface area contributed by atoms with E-state index in [0.717, 1.165) is 5.56 Å². The zero-order valence-corrected chi connectivity index (χ0v) is 13.6. The molecule has 2 aromatic rings. The first-order chi connectivity index (χ1) is 11.9. The Morgan fingerprint density at radius 2 is 1.92 bits per heavy atom. The van der Waals surface area contributed by atoms with Gasteiger partial charge in [-0.05, 0) is 30.7 Å². The van der Waals surface area contributed by atoms with Crippen molar-refractivity contribution in [3.8, 4) is 5.75 Å². The van der Waals surface area contributed by atoms with Gasteiger partial charge in [-0.15, -0.1) is 0 Å². The van der Waals surface area contributed by atoms with Crippen LogP contribution in [0.15, 0.2) is 42.5 Å². The molecule has 25 heavy (non-hydrogen) atoms. The molecule has 0 radical (unpaired) electrons. The van der Waals surface area contributed by atoms with E-state index in [-0.39, 0.29) is 17.1 Å². The highest BCUT2D eigenvalue weighted by molar-refractivity contribution is 5.97. The number of aryl methyl sites for hydroxylation is 1. The van der Waals surface area contributed by atoms with E-state index in [2.05, 4.69) is 5.32 Å². The number of methoxy groups -OCH3 is 1. The molecule has 0 saturated heterocycles. The van der Waals surface area contributed by atoms with Crippen LogP contribution in [0.5, 0.6) is 5.75 Å². The van der Waals surface area contributed by atoms with E-state index in [9.17, 15) is 19.7 Å². The van der Waals surface area contributed by atoms with Crippen LogP contribution >= 0.6 is 0 Å². The van der Waals surface area contributed by atoms with Crippen LogP contribution in [0.1, 0.15) is 15.9 Å². The predicted molar refractivity (Wildman–Crippen MR) is 89.7 cm³/mol. The van der Waals surface area contributed by atoms with Crippen LogP contribution in [0.3, 0.4) is 0 Å². The fraction of sp³-hybridized carbons (Fsp3) is 0.176. The molecule has 130 valence electrons. The fourth-order valence-electron chi connectivity index (χ4n) is 2.09. The third-order valence-electron chi connectivity index (χ3n) is 3.38. The van der Waals surface area contributed by atoms with Crippen LogP contribution in [-0.4, -0.2) is 30.5 Å². The number of nitro benzene ring substituents is 1. The SMILES string of the molecule is COc1ccc(NC(=O)COC(=O)c2ccccc2C)c([N+](=O)[O-])c1. The van der Waals surface area contributed by atoms with Crippen molar-refractivity contribution in [2.45, 2.75) is 6.92 Å². The van der Waals surface area contributed by atoms with Gasteiger partial charge in [0.25, 0.3) is 11.6 Å². The number of esters is 1. The maximum Gasteiger partial charge on any atom is 0.338 e. The maximum absolute atomic E-state index is 12.0. The molecule has 0 fully saturated rings. The van der Waals surface area contributed by atoms with Crippen molar-refractivity contribution < 1.29 is 24.0 Å². The molecular weight excluding hydrogens is 328 g/mol. The Balaban J connectivity index is 2.02. The summed E-state index contributed by atoms with van der Waals surface area (Å²) in [6.45, 7) is 1.19. The maximum atomic E-state index is 12.0. The summed E-state index contributed by atoms with van der Waals surface area (Å²) in [5.41, 5.74) is 0.741. The summed E-state index contributed by atoms with van der Waals surface area (Å²) in [6, 6.07) is 10.8. The highest BCUT2D eigenvalue weighted by Crippen LogP contribution is 2.28. The summed E-state index contributed by atoms with van der Waals surface area (Å²) in [7, 11) is 1.38. The number of benzene rings is 2. The number of hydrogen-bond acceptors (Lipinski definition) is 6. The van der Waals surface area contributed by atoms with Gasteiger partial charge in [0.05, 0.1) is 23.7 Å². The zero-order valence-electron chi connectivity index (χ0n) is 13.6. The standard InChI is InChI=1S/C17H16N2O6/c1-11-5-3-4-6-13(11)17(21)25-10-16(20)18-14-8-7-12(24-2)9-15(14)19(22)23/h3-9H,10H2,1-2H3,(H,18,20). The monoisotopic (exact) mass is 344 g/mol. The average Bonchev–Trinajstić information content (AvgIpc) is 2.60. The number of hydrogen-bond donors (Lipinski definition) is 1. The van der Waals surface area contributed by atoms with Crippen LogP contribution in [0, 0.1) is 17.0 Å². The normalized spacial score (nSPS) is 10.0. The van der Waals surface area contributed by atoms with Crippen molar-refractivity contribution >= 4 is 23.3 Å². The van der Waals surface area contributed by atoms with Gasteiger partial charge in [-0.3, -0.25) is 14.9 Å². The van der Waals surface area contributed by atoms with E-state index in [1.165, 1.54) is 25.3 Å². The van der Waals surface area contributed by atoms with Gasteiger partial charge in [0, 0.05) is 0 Å². The summed E-state index contributed by atoms with van der Waals surface area (Å²) < 4.78 is 9.86. The van der Waals surface area contributed by atoms with Gasteiger partial charge < -0.3 is 14.8 Å². The average molecular weight is 344 g/mol. The second-order valence-electron chi connectivity index (χ2n) is 5.08. The van der Waals surface area contributed by atoms with Gasteiger partial charge in [-0.2, -0.15) is 0 Å². The zero-order chi connectivity index (χ0) is 18.4. The molecule has 0 atom stereocenters. The third-order valence-corrected chi connectivity index (χ3v) is 3.38. The number of nitrogens with one attached hydrogen (secondary N) is 1. The molecule has 1 N–H and O–H groups in total. The van der Waals surface area contributed by atoms with Crippen molar-refractivity contribution in [2.24, 2.45) is 0 Å². The minimum absolute atomic E-state index is 0.0114. The summed E-state index contributed by atoms with van der Waals surface area (Å²) in [4.78, 5) is 34.3. The lowest BCUT2D eigenvalue weighted by atomic mass is 10.1. The van der Waals surface area contributed by atoms with Gasteiger partial charge in [0.2, 0.25) is 0 Å². The minimum Gasteiger partial charge on any atom is -0.496 e. The fourth-order valence-corrected chi connectivity index (χ4v) is 2.09. The number of amides is 1. The largest absolute Gasteiger partial charge is 0.496 e. The van der Waals surface area contributed by atoms with E-state index in [1.807, 2.05) is 0 Å². The van der Waals surface area contributed by atoms with Gasteiger partial charge in [0.1, 0.15) is 11.4 Å². The van der Waals surface area contributed by atoms with Crippen LogP contribution in [-0.2, 0) is 9.53 Å². The number of nitro groups is 1. The van der Waals surface area contributed by atoms with Gasteiger partial charge in [-0.25, -0.2) is 4.79 Å². The molecule has 0 aliphatic heterocycles. The van der Waals surface area contributed by atoms with Gasteiger partial charge >= 0.3 is 5.97 Å². The first-order valence-electron chi connectivity index (χ1n) is 7.27. The highest BCUT2D eigenvalue weighted by atomic mass is 16.6. The quantitative estimate of drug-likeness (QED) is 0.490. The van der Waals surface area contributed by atoms with E-state index < -0.39 is 23.4 Å². The van der Waals surface area contributed by atoms with E-state index in [4.69, 9.17) is 9.47 Å². The van der Waals surface area contributed by atoms with Gasteiger partial charge in [-0.1, -0.05) is 18.2 Å². The number of anilines is 1. The summed E-state index contributed by atoms with van der Waals surface area (Å²) in [5.74, 6) is -1.04. The topological polar surface area (TPSA) is 108 Å². The number of carbonyl (C=O) groups is 2. The van der Waals surface area contributed by atoms with Crippen molar-refractivity contribution in [3.63, 3.8) is 0 Å². The Bertz CT molecular complexity index is 819. The van der Waals surface area contributed by atoms with Crippen LogP contribution < -0.4 is 10.1 Å². The van der Waals surface area contributed by atoms with Crippen LogP contribution in [0.4, 0.5) is 11.4 Å². The molecule has 0 aromatic heterocycles. The second-order valence-corrected chi connectivity index (χ2v) is 5.08. The Morgan fingerprint density at radius 3 is 2.56 bits per heavy atom. The minimum atomic E-state index is -0.685. The third kappa shape index (κ3) is 4.54. The summed E-state index contributed by atoms with van der Waals surface area (Å²) in [5, 5.41) is 13.4. The molecule has 1 amide bonds. The van der Waals surface area contributed by atoms with Gasteiger partial charge in [0.15, 0.2) is 6.61 Å². The van der Waals surface area contributed by atoms with E-state index in [1.54, 1.807) is 31.2 Å². The lowest BCUT2D eigenvalue weighted by Gasteiger charge is -2.09. The first-order valence-corrected chi connectivity index (χ1v) is 7.27. The van der Waals surface area contributed by atoms with Crippen molar-refractivity contribution in [3.05, 3.63) is 63.7 Å². The smallest absolute Gasteiger partial charge is 0.338 e. The molecule has 0 bridgehead atoms. The lowest BCUT2D eigenvalue weighted by Crippen LogP contribution is -2.21. The Morgan fingerprint density at radius 1 is 1.20 bits per heavy atom. The lowest BCUT2D eigenvalue weighted by molar-refractivity contribution is -0.384. The predicted octanol–water partition coefficient (Wildman–Crippen LogP) is 2.71. The van der Waals surface area contributed by atoms with E-state index >= 15 is 0 Å². The molecule has 2 rings (SSSR count). The highest BCUT2D eigenvalue weighted by Gasteiger charge is 2.18. The number of nitrogens with zero attached hydrogens (tertiary/aromatic N) is 1. The molecular formula is C17H16N2O6. The first kappa shape index (κ1) is 17.9. The Labute approximate surface area is 143 Å². The van der Waals surface area contributed by atoms with Crippen molar-refractivity contribution in [2.75, 3.05) is 19.0 Å². The number of rotatable bonds is 6. The molecule has 0 heterocycles. The molecule has 8 heteroatoms. The van der Waals surface area contributed by atoms with Crippen LogP contribution in [0.25, 0.3) is 0 Å². The molecule has 0 aliphatic carbocycles. The number of carbonyl (C=O) groups excluding carboxylic acids is 2. The molecule has 0 unspecified atom stereocenters. The molecule has 0 saturated carbocycles. The van der Waals surface area contributed by atoms with Crippen molar-refractivity contribution in [1.29, 1.82) is 0 Å². The van der Waals surface area contributed by atoms with E-state index in [0.29, 0.717) is 5.56 Å². The molecule has 2 aromatic carbocycles. The Hall–Kier alpha value is -3.42. The summed E-state index contributed by atoms with van der Waals surface area (Å²) in [6.07, 6.45) is 0. The summed E-state index contributed by atoms with van der Waals surface area (Å²) >= 11 is 0. The van der Waals surface area contributed by atoms with Crippen molar-refractivity contribution in [1.82, 2.24) is 0 Å². The molecule has 8 nitrogen and oxygen atoms in total. The molecule has 0 aliphatic rings. The second kappa shape index (κ2) is 7.91. The number of ether oxygens (including phenoxy) is 2. The van der Waals surface area contributed by atoms with Crippen LogP contribution in [0.2, 0.25) is 0 Å².